The first-order valence-electron chi connectivity index (χ1n) is 10.4. The lowest BCUT2D eigenvalue weighted by atomic mass is 10.2. The van der Waals surface area contributed by atoms with Gasteiger partial charge in [-0.15, -0.1) is 0 Å². The van der Waals surface area contributed by atoms with E-state index in [4.69, 9.17) is 14.7 Å². The molecule has 166 valence electrons. The smallest absolute Gasteiger partial charge is 0.340 e. The van der Waals surface area contributed by atoms with E-state index < -0.39 is 0 Å². The third kappa shape index (κ3) is 4.34. The molecule has 9 heteroatoms. The Morgan fingerprint density at radius 1 is 1.09 bits per heavy atom. The number of methoxy groups -OCH3 is 1. The van der Waals surface area contributed by atoms with Crippen LogP contribution < -0.4 is 15.7 Å². The van der Waals surface area contributed by atoms with Crippen molar-refractivity contribution >= 4 is 29.8 Å². The van der Waals surface area contributed by atoms with Gasteiger partial charge in [0, 0.05) is 24.4 Å². The quantitative estimate of drug-likeness (QED) is 0.417. The number of fused-ring (bicyclic) bond motifs is 1. The van der Waals surface area contributed by atoms with Crippen LogP contribution in [0.25, 0.3) is 11.2 Å². The topological polar surface area (TPSA) is 86.9 Å². The van der Waals surface area contributed by atoms with Gasteiger partial charge in [0.15, 0.2) is 11.5 Å². The Hall–Kier alpha value is -3.33. The lowest BCUT2D eigenvalue weighted by Gasteiger charge is -2.12. The molecule has 0 fully saturated rings. The summed E-state index contributed by atoms with van der Waals surface area (Å²) in [5.74, 6) is 2.12. The van der Waals surface area contributed by atoms with Crippen LogP contribution in [0.1, 0.15) is 42.4 Å². The third-order valence-electron chi connectivity index (χ3n) is 5.21. The Kier molecular flexibility index (Phi) is 6.18. The van der Waals surface area contributed by atoms with Crippen molar-refractivity contribution in [3.8, 4) is 5.75 Å². The second-order valence-corrected chi connectivity index (χ2v) is 8.35. The van der Waals surface area contributed by atoms with Crippen LogP contribution in [-0.4, -0.2) is 30.6 Å². The summed E-state index contributed by atoms with van der Waals surface area (Å²) in [7, 11) is 1.64. The maximum absolute atomic E-state index is 13.1. The molecule has 0 saturated heterocycles. The third-order valence-corrected chi connectivity index (χ3v) is 5.58. The molecule has 3 heterocycles. The zero-order valence-electron chi connectivity index (χ0n) is 18.5. The van der Waals surface area contributed by atoms with Gasteiger partial charge >= 0.3 is 5.69 Å². The average Bonchev–Trinajstić information content (AvgIpc) is 3.04. The fourth-order valence-electron chi connectivity index (χ4n) is 3.37. The average molecular weight is 451 g/mol. The molecule has 8 nitrogen and oxygen atoms in total. The molecule has 1 N–H and O–H groups in total. The van der Waals surface area contributed by atoms with Crippen molar-refractivity contribution < 1.29 is 4.74 Å². The van der Waals surface area contributed by atoms with E-state index in [9.17, 15) is 4.79 Å². The van der Waals surface area contributed by atoms with Crippen molar-refractivity contribution in [1.29, 1.82) is 0 Å². The molecule has 4 aromatic rings. The highest BCUT2D eigenvalue weighted by molar-refractivity contribution is 7.78. The molecule has 0 spiro atoms. The molecule has 0 aliphatic rings. The van der Waals surface area contributed by atoms with Crippen LogP contribution >= 0.6 is 12.8 Å². The van der Waals surface area contributed by atoms with Crippen molar-refractivity contribution in [2.24, 2.45) is 0 Å². The van der Waals surface area contributed by atoms with Gasteiger partial charge in [0.2, 0.25) is 0 Å². The predicted octanol–water partition coefficient (Wildman–Crippen LogP) is 3.78. The fourth-order valence-corrected chi connectivity index (χ4v) is 3.66. The largest absolute Gasteiger partial charge is 0.497 e. The maximum atomic E-state index is 13.1. The molecule has 32 heavy (non-hydrogen) atoms. The molecule has 0 aliphatic heterocycles. The van der Waals surface area contributed by atoms with Crippen LogP contribution in [0.15, 0.2) is 47.4 Å². The highest BCUT2D eigenvalue weighted by Gasteiger charge is 2.20. The van der Waals surface area contributed by atoms with Crippen molar-refractivity contribution in [1.82, 2.24) is 23.5 Å². The van der Waals surface area contributed by atoms with E-state index in [1.807, 2.05) is 57.2 Å². The van der Waals surface area contributed by atoms with E-state index in [0.717, 1.165) is 22.6 Å². The van der Waals surface area contributed by atoms with Crippen LogP contribution in [-0.2, 0) is 13.1 Å². The van der Waals surface area contributed by atoms with Crippen LogP contribution in [0, 0.1) is 6.92 Å². The van der Waals surface area contributed by atoms with Gasteiger partial charge in [0.1, 0.15) is 17.1 Å². The number of aryl methyl sites for hydroxylation is 1. The second-order valence-electron chi connectivity index (χ2n) is 7.95. The summed E-state index contributed by atoms with van der Waals surface area (Å²) in [6.07, 6.45) is 1.77. The van der Waals surface area contributed by atoms with Crippen LogP contribution in [0.2, 0.25) is 0 Å². The number of nitrogens with one attached hydrogen (secondary N) is 1. The molecule has 0 unspecified atom stereocenters. The zero-order chi connectivity index (χ0) is 22.8. The summed E-state index contributed by atoms with van der Waals surface area (Å²) in [4.78, 5) is 26.8. The van der Waals surface area contributed by atoms with Gasteiger partial charge in [-0.05, 0) is 36.2 Å². The summed E-state index contributed by atoms with van der Waals surface area (Å²) in [6, 6.07) is 11.7. The summed E-state index contributed by atoms with van der Waals surface area (Å²) >= 11 is 4.46. The minimum absolute atomic E-state index is 0.0915. The first-order chi connectivity index (χ1) is 15.4. The number of thiol groups is 1. The lowest BCUT2D eigenvalue weighted by Crippen LogP contribution is -2.21. The van der Waals surface area contributed by atoms with Gasteiger partial charge in [-0.1, -0.05) is 44.9 Å². The Labute approximate surface area is 191 Å². The predicted molar refractivity (Wildman–Crippen MR) is 129 cm³/mol. The fraction of sp³-hybridized carbons (Fsp3) is 0.304. The number of anilines is 1. The van der Waals surface area contributed by atoms with Gasteiger partial charge < -0.3 is 10.1 Å². The molecule has 0 aliphatic carbocycles. The number of imidazole rings is 1. The highest BCUT2D eigenvalue weighted by atomic mass is 32.1. The molecule has 1 aromatic carbocycles. The van der Waals surface area contributed by atoms with Gasteiger partial charge in [-0.2, -0.15) is 0 Å². The minimum Gasteiger partial charge on any atom is -0.497 e. The molecule has 3 aromatic heterocycles. The number of rotatable bonds is 7. The van der Waals surface area contributed by atoms with Gasteiger partial charge in [-0.25, -0.2) is 18.7 Å². The Balaban J connectivity index is 1.76. The Morgan fingerprint density at radius 2 is 1.81 bits per heavy atom. The van der Waals surface area contributed by atoms with Crippen molar-refractivity contribution in [3.05, 3.63) is 75.7 Å². The molecule has 0 atom stereocenters. The number of hydrogen-bond donors (Lipinski definition) is 2. The second kappa shape index (κ2) is 9.04. The molecule has 0 radical (unpaired) electrons. The normalized spacial score (nSPS) is 11.3. The van der Waals surface area contributed by atoms with Gasteiger partial charge in [0.25, 0.3) is 0 Å². The van der Waals surface area contributed by atoms with E-state index in [-0.39, 0.29) is 11.6 Å². The molecular formula is C23H26N6O2S. The van der Waals surface area contributed by atoms with Crippen molar-refractivity contribution in [2.45, 2.75) is 39.8 Å². The first-order valence-corrected chi connectivity index (χ1v) is 10.8. The minimum atomic E-state index is -0.272. The Morgan fingerprint density at radius 3 is 2.44 bits per heavy atom. The zero-order valence-corrected chi connectivity index (χ0v) is 19.4. The number of nitrogens with zero attached hydrogens (tertiary/aromatic N) is 5. The Bertz CT molecular complexity index is 1290. The molecule has 4 rings (SSSR count). The summed E-state index contributed by atoms with van der Waals surface area (Å²) in [5.41, 5.74) is 3.72. The molecule has 0 amide bonds. The number of hydrogen-bond acceptors (Lipinski definition) is 7. The van der Waals surface area contributed by atoms with Gasteiger partial charge in [-0.3, -0.25) is 9.55 Å². The molecule has 0 saturated carbocycles. The highest BCUT2D eigenvalue weighted by Crippen LogP contribution is 2.25. The van der Waals surface area contributed by atoms with E-state index >= 15 is 0 Å². The number of ether oxygens (including phenoxy) is 1. The molecular weight excluding hydrogens is 424 g/mol. The first kappa shape index (κ1) is 21.9. The standard InChI is InChI=1S/C23H26N6O2S/c1-14(2)20-26-21(25-11-16-7-9-18(31-4)10-8-16)19-22(27-20)28(23(30)29(19)32)13-17-6-5-15(3)24-12-17/h5-10,12,14,32H,11,13H2,1-4H3,(H,25,26,27). The summed E-state index contributed by atoms with van der Waals surface area (Å²) < 4.78 is 8.14. The summed E-state index contributed by atoms with van der Waals surface area (Å²) in [6.45, 7) is 6.86. The number of aromatic nitrogens is 5. The van der Waals surface area contributed by atoms with Crippen molar-refractivity contribution in [3.63, 3.8) is 0 Å². The lowest BCUT2D eigenvalue weighted by molar-refractivity contribution is 0.414. The van der Waals surface area contributed by atoms with Crippen LogP contribution in [0.3, 0.4) is 0 Å². The molecule has 0 bridgehead atoms. The van der Waals surface area contributed by atoms with E-state index in [1.54, 1.807) is 17.9 Å². The monoisotopic (exact) mass is 450 g/mol. The van der Waals surface area contributed by atoms with Crippen molar-refractivity contribution in [2.75, 3.05) is 12.4 Å². The SMILES string of the molecule is COc1ccc(CNc2nc(C(C)C)nc3c2n(S)c(=O)n3Cc2ccc(C)nc2)cc1. The van der Waals surface area contributed by atoms with E-state index in [2.05, 4.69) is 23.1 Å². The van der Waals surface area contributed by atoms with Crippen LogP contribution in [0.4, 0.5) is 5.82 Å². The van der Waals surface area contributed by atoms with E-state index in [1.165, 1.54) is 3.97 Å². The number of benzene rings is 1. The maximum Gasteiger partial charge on any atom is 0.340 e. The summed E-state index contributed by atoms with van der Waals surface area (Å²) in [5, 5.41) is 3.36. The van der Waals surface area contributed by atoms with Crippen LogP contribution in [0.5, 0.6) is 5.75 Å². The number of pyridine rings is 1. The van der Waals surface area contributed by atoms with E-state index in [0.29, 0.717) is 35.9 Å². The van der Waals surface area contributed by atoms with Gasteiger partial charge in [0.05, 0.1) is 13.7 Å².